The van der Waals surface area contributed by atoms with Crippen LogP contribution >= 0.6 is 0 Å². The average molecular weight is 208 g/mol. The minimum absolute atomic E-state index is 0. The fraction of sp³-hybridized carbons (Fsp3) is 0. The van der Waals surface area contributed by atoms with Crippen LogP contribution in [0.2, 0.25) is 0 Å². The van der Waals surface area contributed by atoms with Gasteiger partial charge in [-0.15, -0.1) is 0 Å². The smallest absolute Gasteiger partial charge is 1.00 e. The Labute approximate surface area is 111 Å². The Kier molecular flexibility index (Phi) is 24.7. The van der Waals surface area contributed by atoms with E-state index in [1.165, 1.54) is 0 Å². The number of hydrogen-bond donors (Lipinski definition) is 5. The van der Waals surface area contributed by atoms with Gasteiger partial charge in [-0.05, 0) is 0 Å². The molecule has 0 aromatic heterocycles. The predicted octanol–water partition coefficient (Wildman–Crippen LogP) is -8.47. The Morgan fingerprint density at radius 3 is 1.00 bits per heavy atom. The van der Waals surface area contributed by atoms with Gasteiger partial charge in [0.25, 0.3) is 0 Å². The van der Waals surface area contributed by atoms with Gasteiger partial charge in [0.05, 0.1) is 0 Å². The Morgan fingerprint density at radius 2 is 1.00 bits per heavy atom. The Hall–Kier alpha value is 1.81. The summed E-state index contributed by atoms with van der Waals surface area (Å²) in [4.78, 5) is 0. The van der Waals surface area contributed by atoms with E-state index in [1.54, 1.807) is 0 Å². The molecule has 0 bridgehead atoms. The zero-order valence-corrected chi connectivity index (χ0v) is 10.9. The second kappa shape index (κ2) is 11.8. The second-order valence-corrected chi connectivity index (χ2v) is 1.69. The first-order valence-electron chi connectivity index (χ1n) is 1.47. The number of hydrogen-bond acceptors (Lipinski definition) is 5. The van der Waals surface area contributed by atoms with E-state index in [0.29, 0.717) is 0 Å². The molecule has 5 N–H and O–H groups in total. The third-order valence-corrected chi connectivity index (χ3v) is 0. The topological polar surface area (TPSA) is 135 Å². The molecule has 0 aromatic carbocycles. The van der Waals surface area contributed by atoms with E-state index >= 15 is 0 Å². The van der Waals surface area contributed by atoms with Crippen LogP contribution in [0.5, 0.6) is 0 Å². The molecule has 7 nitrogen and oxygen atoms in total. The predicted molar refractivity (Wildman–Crippen MR) is 28.8 cm³/mol. The molecular weight excluding hydrogens is 201 g/mol. The molecule has 0 radical (unpaired) electrons. The SMILES string of the molecule is O=S(=O)(O)O.OB(O)O.[H-].[H-].[Na+].[Na+]. The summed E-state index contributed by atoms with van der Waals surface area (Å²) in [5, 5.41) is 21.5. The van der Waals surface area contributed by atoms with Crippen LogP contribution in [0, 0.1) is 0 Å². The Morgan fingerprint density at radius 1 is 1.00 bits per heavy atom. The van der Waals surface area contributed by atoms with Gasteiger partial charge in [0.1, 0.15) is 0 Å². The van der Waals surface area contributed by atoms with E-state index in [0.717, 1.165) is 0 Å². The monoisotopic (exact) mass is 208 g/mol. The standard InChI is InChI=1S/BH3O3.2Na.H2O4S.2H/c2-1(3)4;;;1-5(2,3)4;;/h2-4H;;;(H2,1,2,3,4);;/q;2*+1;;2*-1. The van der Waals surface area contributed by atoms with Crippen molar-refractivity contribution in [3.63, 3.8) is 0 Å². The molecular formula is H7BNa2O7S. The third kappa shape index (κ3) is 346. The molecule has 11 heteroatoms. The van der Waals surface area contributed by atoms with E-state index in [-0.39, 0.29) is 62.0 Å². The summed E-state index contributed by atoms with van der Waals surface area (Å²) in [7, 11) is -6.83. The summed E-state index contributed by atoms with van der Waals surface area (Å²) in [5.74, 6) is 0. The maximum atomic E-state index is 8.74. The molecule has 0 aliphatic rings. The van der Waals surface area contributed by atoms with Crippen molar-refractivity contribution in [1.82, 2.24) is 0 Å². The maximum absolute atomic E-state index is 8.74. The van der Waals surface area contributed by atoms with Gasteiger partial charge in [-0.3, -0.25) is 9.11 Å². The van der Waals surface area contributed by atoms with Crippen LogP contribution in [0.1, 0.15) is 2.85 Å². The fourth-order valence-corrected chi connectivity index (χ4v) is 0. The molecule has 0 aromatic rings. The van der Waals surface area contributed by atoms with E-state index in [4.69, 9.17) is 32.6 Å². The Bertz CT molecular complexity index is 136. The molecule has 0 aliphatic heterocycles. The fourth-order valence-electron chi connectivity index (χ4n) is 0. The minimum Gasteiger partial charge on any atom is -1.00 e. The van der Waals surface area contributed by atoms with Crippen LogP contribution in [-0.4, -0.2) is 39.9 Å². The van der Waals surface area contributed by atoms with Crippen molar-refractivity contribution in [2.45, 2.75) is 0 Å². The molecule has 0 saturated carbocycles. The van der Waals surface area contributed by atoms with E-state index in [1.807, 2.05) is 0 Å². The van der Waals surface area contributed by atoms with Gasteiger partial charge in [-0.2, -0.15) is 8.42 Å². The van der Waals surface area contributed by atoms with Crippen LogP contribution in [-0.2, 0) is 10.4 Å². The average Bonchev–Trinajstić information content (AvgIpc) is 1.19. The molecule has 60 valence electrons. The molecule has 0 rings (SSSR count). The maximum Gasteiger partial charge on any atom is 1.00 e. The summed E-state index contributed by atoms with van der Waals surface area (Å²) in [6, 6.07) is 0. The molecule has 0 heterocycles. The summed E-state index contributed by atoms with van der Waals surface area (Å²) in [6.45, 7) is 0. The first-order chi connectivity index (χ1) is 3.73. The normalized spacial score (nSPS) is 7.73. The van der Waals surface area contributed by atoms with Gasteiger partial charge in [0.15, 0.2) is 0 Å². The zero-order valence-electron chi connectivity index (χ0n) is 8.04. The molecule has 0 spiro atoms. The van der Waals surface area contributed by atoms with Gasteiger partial charge in [-0.25, -0.2) is 0 Å². The number of rotatable bonds is 0. The van der Waals surface area contributed by atoms with Gasteiger partial charge in [0.2, 0.25) is 0 Å². The first-order valence-corrected chi connectivity index (χ1v) is 2.87. The minimum atomic E-state index is -4.67. The molecule has 0 aliphatic carbocycles. The van der Waals surface area contributed by atoms with Crippen molar-refractivity contribution in [2.75, 3.05) is 0 Å². The Balaban J connectivity index is -0.0000000146. The van der Waals surface area contributed by atoms with Crippen molar-refractivity contribution in [1.29, 1.82) is 0 Å². The summed E-state index contributed by atoms with van der Waals surface area (Å²) in [5.41, 5.74) is 0. The van der Waals surface area contributed by atoms with E-state index in [9.17, 15) is 0 Å². The third-order valence-electron chi connectivity index (χ3n) is 0. The van der Waals surface area contributed by atoms with Crippen molar-refractivity contribution >= 4 is 17.7 Å². The van der Waals surface area contributed by atoms with Gasteiger partial charge in [-0.1, -0.05) is 0 Å². The van der Waals surface area contributed by atoms with Crippen LogP contribution in [0.15, 0.2) is 0 Å². The molecule has 0 saturated heterocycles. The largest absolute Gasteiger partial charge is 1.00 e. The van der Waals surface area contributed by atoms with Gasteiger partial charge in [0, 0.05) is 0 Å². The van der Waals surface area contributed by atoms with Crippen molar-refractivity contribution < 1.29 is 94.6 Å². The molecule has 0 fully saturated rings. The van der Waals surface area contributed by atoms with Gasteiger partial charge < -0.3 is 17.9 Å². The van der Waals surface area contributed by atoms with Crippen LogP contribution in [0.3, 0.4) is 0 Å². The van der Waals surface area contributed by atoms with E-state index < -0.39 is 17.7 Å². The quantitative estimate of drug-likeness (QED) is 0.197. The van der Waals surface area contributed by atoms with Crippen LogP contribution < -0.4 is 59.1 Å². The van der Waals surface area contributed by atoms with Crippen molar-refractivity contribution in [3.05, 3.63) is 0 Å². The summed E-state index contributed by atoms with van der Waals surface area (Å²) < 4.78 is 31.6. The molecule has 0 amide bonds. The zero-order chi connectivity index (χ0) is 8.08. The van der Waals surface area contributed by atoms with Crippen LogP contribution in [0.4, 0.5) is 0 Å². The van der Waals surface area contributed by atoms with Crippen molar-refractivity contribution in [3.8, 4) is 0 Å². The van der Waals surface area contributed by atoms with E-state index in [2.05, 4.69) is 0 Å². The molecule has 11 heavy (non-hydrogen) atoms. The van der Waals surface area contributed by atoms with Crippen molar-refractivity contribution in [2.24, 2.45) is 0 Å². The molecule has 0 unspecified atom stereocenters. The van der Waals surface area contributed by atoms with Crippen LogP contribution in [0.25, 0.3) is 0 Å². The summed E-state index contributed by atoms with van der Waals surface area (Å²) in [6.07, 6.45) is 0. The molecule has 0 atom stereocenters. The first kappa shape index (κ1) is 23.0. The van der Waals surface area contributed by atoms with Gasteiger partial charge >= 0.3 is 76.8 Å². The second-order valence-electron chi connectivity index (χ2n) is 0.794. The summed E-state index contributed by atoms with van der Waals surface area (Å²) >= 11 is 0.